The summed E-state index contributed by atoms with van der Waals surface area (Å²) < 4.78 is 2.23. The van der Waals surface area contributed by atoms with Crippen LogP contribution in [-0.4, -0.2) is 36.4 Å². The number of aromatic nitrogens is 2. The molecule has 1 aliphatic heterocycles. The van der Waals surface area contributed by atoms with E-state index in [2.05, 4.69) is 5.10 Å². The highest BCUT2D eigenvalue weighted by Gasteiger charge is 2.32. The summed E-state index contributed by atoms with van der Waals surface area (Å²) in [5.41, 5.74) is 2.64. The number of nitrogens with zero attached hydrogens (tertiary/aromatic N) is 4. The van der Waals surface area contributed by atoms with Crippen molar-refractivity contribution in [2.75, 3.05) is 6.54 Å². The lowest BCUT2D eigenvalue weighted by Gasteiger charge is -2.16. The first-order valence-electron chi connectivity index (χ1n) is 9.99. The molecular weight excluding hydrogens is 444 g/mol. The van der Waals surface area contributed by atoms with Gasteiger partial charge in [-0.25, -0.2) is 4.68 Å². The third-order valence-electron chi connectivity index (χ3n) is 4.80. The Labute approximate surface area is 194 Å². The van der Waals surface area contributed by atoms with E-state index in [9.17, 15) is 14.9 Å². The highest BCUT2D eigenvalue weighted by Crippen LogP contribution is 2.35. The predicted molar refractivity (Wildman–Crippen MR) is 130 cm³/mol. The maximum atomic E-state index is 13.0. The van der Waals surface area contributed by atoms with Gasteiger partial charge in [0.05, 0.1) is 15.5 Å². The molecule has 4 rings (SSSR count). The fourth-order valence-electron chi connectivity index (χ4n) is 3.36. The fourth-order valence-corrected chi connectivity index (χ4v) is 4.63. The van der Waals surface area contributed by atoms with E-state index in [-0.39, 0.29) is 17.5 Å². The Balaban J connectivity index is 1.81. The summed E-state index contributed by atoms with van der Waals surface area (Å²) in [5, 5.41) is 16.0. The van der Waals surface area contributed by atoms with Crippen molar-refractivity contribution in [3.8, 4) is 16.9 Å². The van der Waals surface area contributed by atoms with Gasteiger partial charge < -0.3 is 0 Å². The maximum absolute atomic E-state index is 13.0. The van der Waals surface area contributed by atoms with Gasteiger partial charge in [-0.05, 0) is 24.1 Å². The highest BCUT2D eigenvalue weighted by atomic mass is 32.2. The van der Waals surface area contributed by atoms with Crippen LogP contribution in [0, 0.1) is 16.0 Å². The largest absolute Gasteiger partial charge is 0.293 e. The minimum Gasteiger partial charge on any atom is -0.293 e. The van der Waals surface area contributed by atoms with E-state index in [1.165, 1.54) is 23.9 Å². The first-order chi connectivity index (χ1) is 15.3. The van der Waals surface area contributed by atoms with Crippen molar-refractivity contribution in [1.82, 2.24) is 14.7 Å². The third-order valence-corrected chi connectivity index (χ3v) is 6.18. The van der Waals surface area contributed by atoms with Gasteiger partial charge >= 0.3 is 0 Å². The Morgan fingerprint density at radius 2 is 1.94 bits per heavy atom. The number of amides is 1. The lowest BCUT2D eigenvalue weighted by atomic mass is 10.1. The molecule has 0 bridgehead atoms. The lowest BCUT2D eigenvalue weighted by molar-refractivity contribution is -0.384. The molecule has 0 unspecified atom stereocenters. The number of thioether (sulfide) groups is 1. The van der Waals surface area contributed by atoms with Crippen molar-refractivity contribution >= 4 is 46.0 Å². The highest BCUT2D eigenvalue weighted by molar-refractivity contribution is 8.26. The summed E-state index contributed by atoms with van der Waals surface area (Å²) in [6, 6.07) is 15.9. The molecule has 1 aliphatic rings. The molecule has 32 heavy (non-hydrogen) atoms. The number of para-hydroxylation sites is 1. The number of nitro benzene ring substituents is 1. The Morgan fingerprint density at radius 3 is 2.62 bits per heavy atom. The van der Waals surface area contributed by atoms with Gasteiger partial charge in [0.15, 0.2) is 0 Å². The maximum Gasteiger partial charge on any atom is 0.270 e. The third kappa shape index (κ3) is 4.49. The summed E-state index contributed by atoms with van der Waals surface area (Å²) in [6.45, 7) is 4.63. The van der Waals surface area contributed by atoms with E-state index in [1.807, 2.05) is 50.4 Å². The van der Waals surface area contributed by atoms with Gasteiger partial charge in [0, 0.05) is 36.0 Å². The molecule has 0 atom stereocenters. The monoisotopic (exact) mass is 464 g/mol. The second-order valence-corrected chi connectivity index (χ2v) is 9.38. The number of hydrogen-bond acceptors (Lipinski definition) is 6. The number of non-ortho nitro benzene ring substituents is 1. The Morgan fingerprint density at radius 1 is 1.19 bits per heavy atom. The van der Waals surface area contributed by atoms with Crippen LogP contribution < -0.4 is 0 Å². The van der Waals surface area contributed by atoms with Crippen LogP contribution in [0.4, 0.5) is 5.69 Å². The summed E-state index contributed by atoms with van der Waals surface area (Å²) in [6.07, 6.45) is 3.58. The number of carbonyl (C=O) groups excluding carboxylic acids is 1. The van der Waals surface area contributed by atoms with Crippen LogP contribution in [0.1, 0.15) is 19.4 Å². The SMILES string of the molecule is CC(C)CN1C(=O)/C(=C/c2cn(-c3ccccc3)nc2-c2cccc([N+](=O)[O-])c2)SC1=S. The van der Waals surface area contributed by atoms with Crippen LogP contribution >= 0.6 is 24.0 Å². The molecule has 162 valence electrons. The molecule has 0 N–H and O–H groups in total. The molecule has 1 aromatic heterocycles. The molecule has 0 spiro atoms. The van der Waals surface area contributed by atoms with Crippen molar-refractivity contribution in [2.45, 2.75) is 13.8 Å². The van der Waals surface area contributed by atoms with Crippen LogP contribution in [0.5, 0.6) is 0 Å². The molecule has 2 aromatic carbocycles. The minimum absolute atomic E-state index is 0.0223. The van der Waals surface area contributed by atoms with Crippen LogP contribution in [-0.2, 0) is 4.79 Å². The summed E-state index contributed by atoms with van der Waals surface area (Å²) in [5.74, 6) is 0.157. The number of rotatable bonds is 6. The van der Waals surface area contributed by atoms with E-state index < -0.39 is 4.92 Å². The van der Waals surface area contributed by atoms with Crippen molar-refractivity contribution in [3.63, 3.8) is 0 Å². The smallest absolute Gasteiger partial charge is 0.270 e. The summed E-state index contributed by atoms with van der Waals surface area (Å²) in [4.78, 5) is 25.9. The normalized spacial score (nSPS) is 15.2. The Bertz CT molecular complexity index is 1240. The fraction of sp³-hybridized carbons (Fsp3) is 0.174. The van der Waals surface area contributed by atoms with E-state index >= 15 is 0 Å². The molecule has 0 saturated carbocycles. The number of nitro groups is 1. The predicted octanol–water partition coefficient (Wildman–Crippen LogP) is 5.30. The second-order valence-electron chi connectivity index (χ2n) is 7.71. The van der Waals surface area contributed by atoms with Crippen molar-refractivity contribution in [2.24, 2.45) is 5.92 Å². The lowest BCUT2D eigenvalue weighted by Crippen LogP contribution is -2.31. The molecular formula is C23H20N4O3S2. The molecule has 3 aromatic rings. The molecule has 1 saturated heterocycles. The van der Waals surface area contributed by atoms with Crippen LogP contribution in [0.3, 0.4) is 0 Å². The first kappa shape index (κ1) is 21.9. The van der Waals surface area contributed by atoms with Gasteiger partial charge in [0.25, 0.3) is 11.6 Å². The number of benzene rings is 2. The van der Waals surface area contributed by atoms with Gasteiger partial charge in [-0.1, -0.05) is 68.2 Å². The zero-order valence-electron chi connectivity index (χ0n) is 17.5. The van der Waals surface area contributed by atoms with E-state index in [4.69, 9.17) is 12.2 Å². The molecule has 9 heteroatoms. The first-order valence-corrected chi connectivity index (χ1v) is 11.2. The van der Waals surface area contributed by atoms with E-state index in [1.54, 1.807) is 27.8 Å². The average molecular weight is 465 g/mol. The van der Waals surface area contributed by atoms with Crippen molar-refractivity contribution in [1.29, 1.82) is 0 Å². The molecule has 2 heterocycles. The van der Waals surface area contributed by atoms with Crippen LogP contribution in [0.15, 0.2) is 65.7 Å². The standard InChI is InChI=1S/C23H20N4O3S2/c1-15(2)13-25-22(28)20(32-23(25)31)12-17-14-26(18-8-4-3-5-9-18)24-21(17)16-7-6-10-19(11-16)27(29)30/h3-12,14-15H,13H2,1-2H3/b20-12-. The number of hydrogen-bond donors (Lipinski definition) is 0. The van der Waals surface area contributed by atoms with Gasteiger partial charge in [-0.3, -0.25) is 19.8 Å². The quantitative estimate of drug-likeness (QED) is 0.213. The zero-order chi connectivity index (χ0) is 22.8. The van der Waals surface area contributed by atoms with Gasteiger partial charge in [0.1, 0.15) is 10.0 Å². The Kier molecular flexibility index (Phi) is 6.20. The van der Waals surface area contributed by atoms with Gasteiger partial charge in [-0.2, -0.15) is 5.10 Å². The molecule has 1 amide bonds. The number of carbonyl (C=O) groups is 1. The van der Waals surface area contributed by atoms with E-state index in [0.29, 0.717) is 32.6 Å². The zero-order valence-corrected chi connectivity index (χ0v) is 19.1. The molecule has 1 fully saturated rings. The topological polar surface area (TPSA) is 81.3 Å². The number of thiocarbonyl (C=S) groups is 1. The second kappa shape index (κ2) is 9.05. The molecule has 0 aliphatic carbocycles. The van der Waals surface area contributed by atoms with Crippen LogP contribution in [0.25, 0.3) is 23.0 Å². The summed E-state index contributed by atoms with van der Waals surface area (Å²) in [7, 11) is 0. The Hall–Kier alpha value is -3.30. The minimum atomic E-state index is -0.436. The molecule has 7 nitrogen and oxygen atoms in total. The van der Waals surface area contributed by atoms with Crippen LogP contribution in [0.2, 0.25) is 0 Å². The summed E-state index contributed by atoms with van der Waals surface area (Å²) >= 11 is 6.67. The van der Waals surface area contributed by atoms with Crippen molar-refractivity contribution < 1.29 is 9.72 Å². The molecule has 0 radical (unpaired) electrons. The van der Waals surface area contributed by atoms with Gasteiger partial charge in [-0.15, -0.1) is 0 Å². The van der Waals surface area contributed by atoms with Crippen molar-refractivity contribution in [3.05, 3.63) is 81.4 Å². The van der Waals surface area contributed by atoms with E-state index in [0.717, 1.165) is 5.69 Å². The average Bonchev–Trinajstić information content (AvgIpc) is 3.31. The van der Waals surface area contributed by atoms with Gasteiger partial charge in [0.2, 0.25) is 0 Å².